The van der Waals surface area contributed by atoms with Crippen LogP contribution in [-0.2, 0) is 6.42 Å². The largest absolute Gasteiger partial charge is 0.478 e. The maximum absolute atomic E-state index is 10.9. The Hall–Kier alpha value is -1.62. The molecule has 1 rings (SSSR count). The van der Waals surface area contributed by atoms with Crippen LogP contribution >= 0.6 is 0 Å². The van der Waals surface area contributed by atoms with Crippen LogP contribution in [0.1, 0.15) is 36.3 Å². The van der Waals surface area contributed by atoms with Crippen LogP contribution in [0.5, 0.6) is 0 Å². The van der Waals surface area contributed by atoms with Crippen LogP contribution in [-0.4, -0.2) is 33.8 Å². The molecule has 1 atom stereocenters. The minimum Gasteiger partial charge on any atom is -0.478 e. The van der Waals surface area contributed by atoms with Crippen LogP contribution < -0.4 is 5.32 Å². The smallest absolute Gasteiger partial charge is 0.335 e. The lowest BCUT2D eigenvalue weighted by molar-refractivity contribution is 0.0696. The normalized spacial score (nSPS) is 12.2. The number of aryl methyl sites for hydroxylation is 1. The van der Waals surface area contributed by atoms with Crippen LogP contribution in [0.3, 0.4) is 0 Å². The quantitative estimate of drug-likeness (QED) is 0.700. The van der Waals surface area contributed by atoms with Gasteiger partial charge in [0.1, 0.15) is 5.82 Å². The Morgan fingerprint density at radius 3 is 2.76 bits per heavy atom. The summed E-state index contributed by atoms with van der Waals surface area (Å²) in [6.45, 7) is 3.93. The van der Waals surface area contributed by atoms with Gasteiger partial charge in [0.05, 0.1) is 5.56 Å². The van der Waals surface area contributed by atoms with E-state index in [-0.39, 0.29) is 18.2 Å². The number of aliphatic hydroxyl groups excluding tert-OH is 1. The molecule has 0 aliphatic carbocycles. The van der Waals surface area contributed by atoms with Crippen molar-refractivity contribution in [2.75, 3.05) is 11.9 Å². The molecular weight excluding hydrogens is 220 g/mol. The number of carbonyl (C=O) groups is 1. The van der Waals surface area contributed by atoms with Crippen molar-refractivity contribution < 1.29 is 15.0 Å². The van der Waals surface area contributed by atoms with E-state index in [1.807, 2.05) is 13.8 Å². The van der Waals surface area contributed by atoms with Gasteiger partial charge in [0.2, 0.25) is 0 Å². The summed E-state index contributed by atoms with van der Waals surface area (Å²) in [6, 6.07) is 3.14. The molecule has 5 heteroatoms. The van der Waals surface area contributed by atoms with E-state index < -0.39 is 5.97 Å². The number of nitrogens with zero attached hydrogens (tertiary/aromatic N) is 1. The summed E-state index contributed by atoms with van der Waals surface area (Å²) in [5.74, 6) is -0.414. The number of hydrogen-bond acceptors (Lipinski definition) is 4. The molecular formula is C12H18N2O3. The first-order chi connectivity index (χ1) is 8.06. The Labute approximate surface area is 101 Å². The maximum Gasteiger partial charge on any atom is 0.335 e. The number of anilines is 1. The summed E-state index contributed by atoms with van der Waals surface area (Å²) in [6.07, 6.45) is 1.28. The number of carboxylic acids is 1. The standard InChI is InChI=1S/C12H18N2O3/c1-3-10-6-9(12(16)17)7-11(14-10)13-8(2)4-5-15/h6-8,15H,3-5H2,1-2H3,(H,13,14)(H,16,17). The van der Waals surface area contributed by atoms with Crippen LogP contribution in [0, 0.1) is 0 Å². The number of nitrogens with one attached hydrogen (secondary N) is 1. The zero-order valence-electron chi connectivity index (χ0n) is 10.1. The predicted octanol–water partition coefficient (Wildman–Crippen LogP) is 1.52. The average molecular weight is 238 g/mol. The molecule has 1 heterocycles. The van der Waals surface area contributed by atoms with E-state index in [1.54, 1.807) is 6.07 Å². The van der Waals surface area contributed by atoms with Gasteiger partial charge < -0.3 is 15.5 Å². The number of hydrogen-bond donors (Lipinski definition) is 3. The molecule has 0 radical (unpaired) electrons. The first-order valence-electron chi connectivity index (χ1n) is 5.68. The molecule has 0 fully saturated rings. The lowest BCUT2D eigenvalue weighted by Gasteiger charge is -2.14. The molecule has 0 bridgehead atoms. The summed E-state index contributed by atoms with van der Waals surface area (Å²) < 4.78 is 0. The molecule has 1 unspecified atom stereocenters. The Kier molecular flexibility index (Phi) is 4.90. The van der Waals surface area contributed by atoms with Gasteiger partial charge in [0, 0.05) is 18.3 Å². The average Bonchev–Trinajstić information content (AvgIpc) is 2.28. The molecule has 0 aromatic carbocycles. The summed E-state index contributed by atoms with van der Waals surface area (Å²) in [4.78, 5) is 15.2. The molecule has 94 valence electrons. The Balaban J connectivity index is 2.90. The van der Waals surface area contributed by atoms with Gasteiger partial charge in [-0.3, -0.25) is 0 Å². The number of rotatable bonds is 6. The Bertz CT molecular complexity index is 393. The number of carboxylic acid groups (broad SMARTS) is 1. The third kappa shape index (κ3) is 4.03. The highest BCUT2D eigenvalue weighted by atomic mass is 16.4. The minimum atomic E-state index is -0.958. The fourth-order valence-corrected chi connectivity index (χ4v) is 1.48. The summed E-state index contributed by atoms with van der Waals surface area (Å²) in [5, 5.41) is 20.9. The highest BCUT2D eigenvalue weighted by molar-refractivity contribution is 5.88. The number of aromatic nitrogens is 1. The lowest BCUT2D eigenvalue weighted by Crippen LogP contribution is -2.18. The lowest BCUT2D eigenvalue weighted by atomic mass is 10.2. The molecule has 17 heavy (non-hydrogen) atoms. The Morgan fingerprint density at radius 1 is 1.53 bits per heavy atom. The highest BCUT2D eigenvalue weighted by Gasteiger charge is 2.09. The van der Waals surface area contributed by atoms with Gasteiger partial charge in [-0.15, -0.1) is 0 Å². The highest BCUT2D eigenvalue weighted by Crippen LogP contribution is 2.13. The summed E-state index contributed by atoms with van der Waals surface area (Å²) in [7, 11) is 0. The van der Waals surface area contributed by atoms with E-state index in [0.717, 1.165) is 5.69 Å². The zero-order valence-corrected chi connectivity index (χ0v) is 10.1. The number of aromatic carboxylic acids is 1. The first kappa shape index (κ1) is 13.4. The third-order valence-corrected chi connectivity index (χ3v) is 2.44. The molecule has 1 aromatic rings. The van der Waals surface area contributed by atoms with Gasteiger partial charge in [-0.2, -0.15) is 0 Å². The van der Waals surface area contributed by atoms with Crippen molar-refractivity contribution in [3.05, 3.63) is 23.4 Å². The third-order valence-electron chi connectivity index (χ3n) is 2.44. The van der Waals surface area contributed by atoms with Crippen molar-refractivity contribution in [1.29, 1.82) is 0 Å². The van der Waals surface area contributed by atoms with E-state index in [4.69, 9.17) is 10.2 Å². The van der Waals surface area contributed by atoms with Gasteiger partial charge in [0.25, 0.3) is 0 Å². The Morgan fingerprint density at radius 2 is 2.24 bits per heavy atom. The zero-order chi connectivity index (χ0) is 12.8. The number of aliphatic hydroxyl groups is 1. The fourth-order valence-electron chi connectivity index (χ4n) is 1.48. The van der Waals surface area contributed by atoms with Crippen molar-refractivity contribution in [2.24, 2.45) is 0 Å². The minimum absolute atomic E-state index is 0.0567. The van der Waals surface area contributed by atoms with E-state index >= 15 is 0 Å². The fraction of sp³-hybridized carbons (Fsp3) is 0.500. The second kappa shape index (κ2) is 6.20. The number of pyridine rings is 1. The monoisotopic (exact) mass is 238 g/mol. The van der Waals surface area contributed by atoms with Crippen molar-refractivity contribution in [3.8, 4) is 0 Å². The predicted molar refractivity (Wildman–Crippen MR) is 65.4 cm³/mol. The van der Waals surface area contributed by atoms with Crippen LogP contribution in [0.25, 0.3) is 0 Å². The summed E-state index contributed by atoms with van der Waals surface area (Å²) in [5.41, 5.74) is 0.971. The SMILES string of the molecule is CCc1cc(C(=O)O)cc(NC(C)CCO)n1. The van der Waals surface area contributed by atoms with Crippen molar-refractivity contribution in [3.63, 3.8) is 0 Å². The topological polar surface area (TPSA) is 82.5 Å². The second-order valence-corrected chi connectivity index (χ2v) is 3.95. The van der Waals surface area contributed by atoms with E-state index in [0.29, 0.717) is 18.7 Å². The summed E-state index contributed by atoms with van der Waals surface area (Å²) >= 11 is 0. The van der Waals surface area contributed by atoms with Crippen LogP contribution in [0.15, 0.2) is 12.1 Å². The molecule has 0 saturated carbocycles. The van der Waals surface area contributed by atoms with Gasteiger partial charge in [-0.05, 0) is 31.9 Å². The van der Waals surface area contributed by atoms with Crippen molar-refractivity contribution in [2.45, 2.75) is 32.7 Å². The van der Waals surface area contributed by atoms with Gasteiger partial charge in [-0.25, -0.2) is 9.78 Å². The molecule has 0 aliphatic heterocycles. The van der Waals surface area contributed by atoms with Gasteiger partial charge >= 0.3 is 5.97 Å². The first-order valence-corrected chi connectivity index (χ1v) is 5.68. The molecule has 3 N–H and O–H groups in total. The van der Waals surface area contributed by atoms with Gasteiger partial charge in [-0.1, -0.05) is 6.92 Å². The van der Waals surface area contributed by atoms with Crippen molar-refractivity contribution in [1.82, 2.24) is 4.98 Å². The van der Waals surface area contributed by atoms with E-state index in [9.17, 15) is 4.79 Å². The molecule has 0 amide bonds. The molecule has 1 aromatic heterocycles. The molecule has 0 spiro atoms. The second-order valence-electron chi connectivity index (χ2n) is 3.95. The molecule has 0 aliphatic rings. The van der Waals surface area contributed by atoms with Crippen molar-refractivity contribution >= 4 is 11.8 Å². The van der Waals surface area contributed by atoms with Crippen LogP contribution in [0.4, 0.5) is 5.82 Å². The van der Waals surface area contributed by atoms with E-state index in [1.165, 1.54) is 6.07 Å². The van der Waals surface area contributed by atoms with E-state index in [2.05, 4.69) is 10.3 Å². The molecule has 5 nitrogen and oxygen atoms in total. The maximum atomic E-state index is 10.9. The van der Waals surface area contributed by atoms with Crippen LogP contribution in [0.2, 0.25) is 0 Å². The molecule has 0 saturated heterocycles. The van der Waals surface area contributed by atoms with Gasteiger partial charge in [0.15, 0.2) is 0 Å².